The molecule has 9 heterocycles. The molecule has 31 aromatic rings. The highest BCUT2D eigenvalue weighted by Gasteiger charge is 2.26. The predicted octanol–water partition coefficient (Wildman–Crippen LogP) is 36.0. The molecule has 0 aliphatic carbocycles. The monoisotopic (exact) mass is 1800 g/mol. The molecule has 0 atom stereocenters. The molecule has 9 nitrogen and oxygen atoms in total. The van der Waals surface area contributed by atoms with Gasteiger partial charge in [0.05, 0.1) is 71.9 Å². The Morgan fingerprint density at radius 2 is 0.340 bits per heavy atom. The lowest BCUT2D eigenvalue weighted by Gasteiger charge is -2.08. The summed E-state index contributed by atoms with van der Waals surface area (Å²) >= 11 is 0. The van der Waals surface area contributed by atoms with Gasteiger partial charge in [-0.3, -0.25) is 0 Å². The van der Waals surface area contributed by atoms with Crippen LogP contribution in [0.25, 0.3) is 275 Å². The lowest BCUT2D eigenvalue weighted by molar-refractivity contribution is 0.667. The highest BCUT2D eigenvalue weighted by Crippen LogP contribution is 2.49. The second kappa shape index (κ2) is 31.8. The van der Waals surface area contributed by atoms with Crippen molar-refractivity contribution in [1.82, 2.24) is 27.4 Å². The number of hydrogen-bond donors (Lipinski definition) is 0. The Hall–Kier alpha value is -19.0. The van der Waals surface area contributed by atoms with E-state index in [1.54, 1.807) is 0 Å². The number of hydrogen-bond acceptors (Lipinski definition) is 3. The molecule has 22 aromatic carbocycles. The fraction of sp³-hybridized carbons (Fsp3) is 0. The normalized spacial score (nSPS) is 12.0. The maximum atomic E-state index is 6.96. The van der Waals surface area contributed by atoms with Crippen LogP contribution in [0.1, 0.15) is 0 Å². The summed E-state index contributed by atoms with van der Waals surface area (Å²) in [6.07, 6.45) is 0. The summed E-state index contributed by atoms with van der Waals surface area (Å²) < 4.78 is 34.7. The number of aromatic nitrogens is 6. The standard InChI is InChI=1S/C48H30N2O.2C42H26N2O/c1-3-13-33(14-4-1)49-43-23-9-7-17-37(43)41-29-31(25-27-45(41)49)35-19-11-21-39-40-22-12-20-36(48(40)51-47(35)39)32-26-28-46-42(30-32)38-18-8-10-24-44(38)50(46)34-15-5-2-6-16-34;1-2-12-28(13-3-1)43-36-20-7-6-16-32(36)35-26-27(24-25-39(35)43)29-17-10-18-33-34-19-11-23-40(42(34)45-41(29)33)44-37-21-8-4-14-30(37)31-15-5-9-22-38(31)44;1-2-11-28(12-3-1)43-39-20-9-6-15-33(39)35-25-27(21-23-40(35)43)30-16-10-17-34-36-26-29(22-24-41(36)45-42(30)34)44-37-18-7-4-13-31(37)32-14-5-8-19-38(32)44/h1-30H;2*1-26H. The van der Waals surface area contributed by atoms with Gasteiger partial charge in [-0.05, 0) is 192 Å². The zero-order valence-corrected chi connectivity index (χ0v) is 76.3. The molecule has 0 saturated heterocycles. The van der Waals surface area contributed by atoms with Crippen molar-refractivity contribution in [2.24, 2.45) is 0 Å². The number of benzene rings is 22. The van der Waals surface area contributed by atoms with Crippen LogP contribution in [-0.4, -0.2) is 27.4 Å². The Morgan fingerprint density at radius 3 is 0.645 bits per heavy atom. The first-order valence-corrected chi connectivity index (χ1v) is 48.2. The van der Waals surface area contributed by atoms with Gasteiger partial charge in [0.25, 0.3) is 0 Å². The van der Waals surface area contributed by atoms with Crippen molar-refractivity contribution in [1.29, 1.82) is 0 Å². The van der Waals surface area contributed by atoms with Crippen molar-refractivity contribution in [3.05, 3.63) is 497 Å². The van der Waals surface area contributed by atoms with Gasteiger partial charge in [-0.1, -0.05) is 328 Å². The lowest BCUT2D eigenvalue weighted by atomic mass is 9.98. The smallest absolute Gasteiger partial charge is 0.159 e. The highest BCUT2D eigenvalue weighted by molar-refractivity contribution is 6.21. The number of furan rings is 3. The molecule has 0 radical (unpaired) electrons. The Balaban J connectivity index is 0.000000102. The van der Waals surface area contributed by atoms with Crippen LogP contribution in [0.4, 0.5) is 0 Å². The topological polar surface area (TPSA) is 69.0 Å². The van der Waals surface area contributed by atoms with Crippen LogP contribution in [0, 0.1) is 0 Å². The molecule has 9 aromatic heterocycles. The summed E-state index contributed by atoms with van der Waals surface area (Å²) in [5.74, 6) is 0. The van der Waals surface area contributed by atoms with E-state index >= 15 is 0 Å². The zero-order valence-electron chi connectivity index (χ0n) is 76.3. The first-order chi connectivity index (χ1) is 70.0. The number of fused-ring (bicyclic) bond motifs is 27. The van der Waals surface area contributed by atoms with Gasteiger partial charge in [-0.25, -0.2) is 0 Å². The Labute approximate surface area is 807 Å². The van der Waals surface area contributed by atoms with Crippen LogP contribution < -0.4 is 0 Å². The Morgan fingerprint density at radius 1 is 0.121 bits per heavy atom. The molecule has 0 saturated carbocycles. The third-order valence-electron chi connectivity index (χ3n) is 29.2. The van der Waals surface area contributed by atoms with E-state index in [0.717, 1.165) is 144 Å². The van der Waals surface area contributed by atoms with Gasteiger partial charge in [0, 0.05) is 148 Å². The van der Waals surface area contributed by atoms with Crippen molar-refractivity contribution in [3.63, 3.8) is 0 Å². The molecule has 31 rings (SSSR count). The molecule has 0 aliphatic rings. The summed E-state index contributed by atoms with van der Waals surface area (Å²) in [5, 5.41) is 21.6. The quantitative estimate of drug-likeness (QED) is 0.137. The minimum absolute atomic E-state index is 0.892. The number of para-hydroxylation sites is 17. The molecule has 0 amide bonds. The van der Waals surface area contributed by atoms with E-state index < -0.39 is 0 Å². The first-order valence-electron chi connectivity index (χ1n) is 48.2. The van der Waals surface area contributed by atoms with E-state index in [1.807, 2.05) is 0 Å². The number of rotatable bonds is 10. The molecule has 141 heavy (non-hydrogen) atoms. The molecule has 0 bridgehead atoms. The summed E-state index contributed by atoms with van der Waals surface area (Å²) in [4.78, 5) is 0. The van der Waals surface area contributed by atoms with E-state index in [2.05, 4.69) is 525 Å². The van der Waals surface area contributed by atoms with Crippen molar-refractivity contribution in [2.75, 3.05) is 0 Å². The van der Waals surface area contributed by atoms with Crippen molar-refractivity contribution in [3.8, 4) is 78.6 Å². The van der Waals surface area contributed by atoms with Crippen LogP contribution >= 0.6 is 0 Å². The number of nitrogens with zero attached hydrogens (tertiary/aromatic N) is 6. The molecular weight excluding hydrogens is 1720 g/mol. The van der Waals surface area contributed by atoms with Gasteiger partial charge in [-0.2, -0.15) is 0 Å². The maximum absolute atomic E-state index is 6.96. The van der Waals surface area contributed by atoms with Gasteiger partial charge < -0.3 is 40.7 Å². The van der Waals surface area contributed by atoms with Crippen LogP contribution in [0.15, 0.2) is 511 Å². The molecular formula is C132H82N6O3. The maximum Gasteiger partial charge on any atom is 0.159 e. The van der Waals surface area contributed by atoms with E-state index in [4.69, 9.17) is 13.3 Å². The summed E-state index contributed by atoms with van der Waals surface area (Å²) in [6, 6.07) is 178. The van der Waals surface area contributed by atoms with Gasteiger partial charge in [-0.15, -0.1) is 0 Å². The first kappa shape index (κ1) is 79.4. The largest absolute Gasteiger partial charge is 0.455 e. The van der Waals surface area contributed by atoms with E-state index in [0.29, 0.717) is 0 Å². The van der Waals surface area contributed by atoms with Crippen LogP contribution in [0.3, 0.4) is 0 Å². The second-order valence-corrected chi connectivity index (χ2v) is 36.8. The van der Waals surface area contributed by atoms with Crippen molar-refractivity contribution < 1.29 is 13.3 Å². The van der Waals surface area contributed by atoms with Gasteiger partial charge in [0.1, 0.15) is 27.9 Å². The third-order valence-corrected chi connectivity index (χ3v) is 29.2. The zero-order chi connectivity index (χ0) is 92.4. The SMILES string of the molecule is c1ccc(-n2c3ccccc3c3cc(-c4cccc5c4oc4c(-c6ccc7c(c6)c6ccccc6n7-c6ccccc6)cccc45)ccc32)cc1.c1ccc(-n2c3ccccc3c3cc(-c4cccc5c4oc4c(-n6c7ccccc7c7ccccc76)cccc45)ccc32)cc1.c1ccc(-n2c3ccccc3c3cc(-c4cccc5c4oc4ccc(-n6c7ccccc7c7ccccc76)cc45)ccc32)cc1. The summed E-state index contributed by atoms with van der Waals surface area (Å²) in [6.45, 7) is 0. The molecule has 0 fully saturated rings. The molecule has 9 heteroatoms. The third kappa shape index (κ3) is 12.4. The van der Waals surface area contributed by atoms with Crippen LogP contribution in [-0.2, 0) is 0 Å². The fourth-order valence-corrected chi connectivity index (χ4v) is 23.0. The summed E-state index contributed by atoms with van der Waals surface area (Å²) in [7, 11) is 0. The molecule has 0 aliphatic heterocycles. The van der Waals surface area contributed by atoms with E-state index in [9.17, 15) is 0 Å². The average Bonchev–Trinajstić information content (AvgIpc) is 1.58. The lowest BCUT2D eigenvalue weighted by Crippen LogP contribution is -1.93. The van der Waals surface area contributed by atoms with Gasteiger partial charge in [0.2, 0.25) is 0 Å². The van der Waals surface area contributed by atoms with Crippen LogP contribution in [0.5, 0.6) is 0 Å². The van der Waals surface area contributed by atoms with E-state index in [1.165, 1.54) is 131 Å². The second-order valence-electron chi connectivity index (χ2n) is 36.8. The molecule has 658 valence electrons. The predicted molar refractivity (Wildman–Crippen MR) is 589 cm³/mol. The molecule has 0 unspecified atom stereocenters. The molecule has 0 spiro atoms. The Bertz CT molecular complexity index is 10200. The van der Waals surface area contributed by atoms with Gasteiger partial charge >= 0.3 is 0 Å². The van der Waals surface area contributed by atoms with Gasteiger partial charge in [0.15, 0.2) is 5.58 Å². The molecule has 0 N–H and O–H groups in total. The van der Waals surface area contributed by atoms with E-state index in [-0.39, 0.29) is 0 Å². The van der Waals surface area contributed by atoms with Crippen molar-refractivity contribution >= 4 is 197 Å². The minimum Gasteiger partial charge on any atom is -0.455 e. The highest BCUT2D eigenvalue weighted by atomic mass is 16.3. The van der Waals surface area contributed by atoms with Crippen molar-refractivity contribution in [2.45, 2.75) is 0 Å². The minimum atomic E-state index is 0.892. The summed E-state index contributed by atoms with van der Waals surface area (Å²) in [5.41, 5.74) is 35.5. The fourth-order valence-electron chi connectivity index (χ4n) is 23.0. The van der Waals surface area contributed by atoms with Crippen LogP contribution in [0.2, 0.25) is 0 Å². The Kier molecular flexibility index (Phi) is 17.9. The average molecular weight is 1800 g/mol.